The molecule has 2 aromatic rings. The molecule has 0 saturated carbocycles. The maximum atomic E-state index is 13.2. The minimum Gasteiger partial charge on any atom is -0.326 e. The van der Waals surface area contributed by atoms with Crippen molar-refractivity contribution in [2.45, 2.75) is 37.6 Å². The van der Waals surface area contributed by atoms with E-state index in [9.17, 15) is 9.59 Å². The van der Waals surface area contributed by atoms with Gasteiger partial charge in [-0.1, -0.05) is 0 Å². The van der Waals surface area contributed by atoms with E-state index in [1.807, 2.05) is 30.5 Å². The first kappa shape index (κ1) is 16.8. The van der Waals surface area contributed by atoms with Gasteiger partial charge < -0.3 is 16.0 Å². The van der Waals surface area contributed by atoms with Crippen LogP contribution in [-0.4, -0.2) is 34.7 Å². The summed E-state index contributed by atoms with van der Waals surface area (Å²) < 4.78 is 1.78. The fourth-order valence-electron chi connectivity index (χ4n) is 3.82. The van der Waals surface area contributed by atoms with Crippen LogP contribution in [0.4, 0.5) is 11.4 Å². The first-order valence-electron chi connectivity index (χ1n) is 9.12. The molecule has 3 N–H and O–H groups in total. The summed E-state index contributed by atoms with van der Waals surface area (Å²) in [6, 6.07) is 7.54. The Morgan fingerprint density at radius 3 is 2.85 bits per heavy atom. The normalized spacial score (nSPS) is 19.2. The number of carbonyl (C=O) groups is 2. The number of hydrogen-bond donors (Lipinski definition) is 3. The predicted molar refractivity (Wildman–Crippen MR) is 98.9 cm³/mol. The zero-order valence-corrected chi connectivity index (χ0v) is 14.6. The number of carbonyl (C=O) groups excluding carboxylic acids is 2. The van der Waals surface area contributed by atoms with E-state index in [-0.39, 0.29) is 11.8 Å². The third-order valence-electron chi connectivity index (χ3n) is 5.28. The van der Waals surface area contributed by atoms with Gasteiger partial charge >= 0.3 is 0 Å². The van der Waals surface area contributed by atoms with Crippen molar-refractivity contribution in [1.82, 2.24) is 15.1 Å². The molecule has 2 amide bonds. The summed E-state index contributed by atoms with van der Waals surface area (Å²) >= 11 is 0. The van der Waals surface area contributed by atoms with Crippen molar-refractivity contribution >= 4 is 23.2 Å². The first-order chi connectivity index (χ1) is 12.7. The summed E-state index contributed by atoms with van der Waals surface area (Å²) in [6.07, 6.45) is 7.14. The molecule has 0 atom stereocenters. The second-order valence-corrected chi connectivity index (χ2v) is 6.96. The van der Waals surface area contributed by atoms with Crippen LogP contribution in [0.3, 0.4) is 0 Å². The van der Waals surface area contributed by atoms with Crippen LogP contribution >= 0.6 is 0 Å². The SMILES string of the molecule is O=C1CCCc2cc(NC(=O)C3(n4cccn4)CCNCC3)ccc2N1. The molecule has 0 aliphatic carbocycles. The molecule has 26 heavy (non-hydrogen) atoms. The quantitative estimate of drug-likeness (QED) is 0.786. The van der Waals surface area contributed by atoms with Crippen molar-refractivity contribution in [1.29, 1.82) is 0 Å². The highest BCUT2D eigenvalue weighted by Crippen LogP contribution is 2.30. The lowest BCUT2D eigenvalue weighted by Crippen LogP contribution is -2.52. The van der Waals surface area contributed by atoms with E-state index in [1.165, 1.54) is 0 Å². The average molecular weight is 353 g/mol. The van der Waals surface area contributed by atoms with Crippen LogP contribution < -0.4 is 16.0 Å². The molecule has 2 aliphatic rings. The summed E-state index contributed by atoms with van der Waals surface area (Å²) in [5, 5.41) is 13.7. The van der Waals surface area contributed by atoms with Crippen LogP contribution in [-0.2, 0) is 21.5 Å². The lowest BCUT2D eigenvalue weighted by Gasteiger charge is -2.36. The Hall–Kier alpha value is -2.67. The van der Waals surface area contributed by atoms with Gasteiger partial charge in [0.1, 0.15) is 5.54 Å². The van der Waals surface area contributed by atoms with Gasteiger partial charge in [-0.25, -0.2) is 0 Å². The molecule has 1 fully saturated rings. The smallest absolute Gasteiger partial charge is 0.252 e. The third kappa shape index (κ3) is 3.10. The van der Waals surface area contributed by atoms with E-state index >= 15 is 0 Å². The summed E-state index contributed by atoms with van der Waals surface area (Å²) in [6.45, 7) is 1.56. The molecule has 1 saturated heterocycles. The summed E-state index contributed by atoms with van der Waals surface area (Å²) in [5.41, 5.74) is 1.99. The molecular weight excluding hydrogens is 330 g/mol. The van der Waals surface area contributed by atoms with Gasteiger partial charge in [0.25, 0.3) is 5.91 Å². The first-order valence-corrected chi connectivity index (χ1v) is 9.12. The minimum absolute atomic E-state index is 0.0414. The van der Waals surface area contributed by atoms with Crippen LogP contribution in [0.5, 0.6) is 0 Å². The van der Waals surface area contributed by atoms with E-state index in [4.69, 9.17) is 0 Å². The van der Waals surface area contributed by atoms with Gasteiger partial charge in [0, 0.05) is 30.2 Å². The summed E-state index contributed by atoms with van der Waals surface area (Å²) in [7, 11) is 0. The number of hydrogen-bond acceptors (Lipinski definition) is 4. The fraction of sp³-hybridized carbons (Fsp3) is 0.421. The third-order valence-corrected chi connectivity index (χ3v) is 5.28. The van der Waals surface area contributed by atoms with Crippen molar-refractivity contribution in [3.05, 3.63) is 42.2 Å². The van der Waals surface area contributed by atoms with Crippen molar-refractivity contribution < 1.29 is 9.59 Å². The molecule has 7 heteroatoms. The summed E-state index contributed by atoms with van der Waals surface area (Å²) in [4.78, 5) is 24.9. The zero-order valence-electron chi connectivity index (χ0n) is 14.6. The molecule has 7 nitrogen and oxygen atoms in total. The molecule has 0 radical (unpaired) electrons. The van der Waals surface area contributed by atoms with Crippen LogP contribution in [0.2, 0.25) is 0 Å². The molecule has 0 bridgehead atoms. The number of piperidine rings is 1. The topological polar surface area (TPSA) is 88.0 Å². The number of rotatable bonds is 3. The maximum absolute atomic E-state index is 13.2. The molecule has 1 aromatic carbocycles. The monoisotopic (exact) mass is 353 g/mol. The highest BCUT2D eigenvalue weighted by Gasteiger charge is 2.42. The predicted octanol–water partition coefficient (Wildman–Crippen LogP) is 1.88. The number of nitrogens with one attached hydrogen (secondary N) is 3. The lowest BCUT2D eigenvalue weighted by atomic mass is 9.87. The second kappa shape index (κ2) is 6.92. The molecule has 2 aliphatic heterocycles. The Labute approximate surface area is 152 Å². The average Bonchev–Trinajstić information content (AvgIpc) is 3.13. The molecule has 1 aromatic heterocycles. The van der Waals surface area contributed by atoms with Gasteiger partial charge in [-0.05, 0) is 68.6 Å². The number of anilines is 2. The van der Waals surface area contributed by atoms with Gasteiger partial charge in [-0.2, -0.15) is 5.10 Å². The van der Waals surface area contributed by atoms with E-state index in [1.54, 1.807) is 10.9 Å². The Kier molecular flexibility index (Phi) is 4.46. The fourth-order valence-corrected chi connectivity index (χ4v) is 3.82. The Bertz CT molecular complexity index is 809. The van der Waals surface area contributed by atoms with Crippen LogP contribution in [0.1, 0.15) is 31.2 Å². The number of aromatic nitrogens is 2. The van der Waals surface area contributed by atoms with Gasteiger partial charge in [0.05, 0.1) is 0 Å². The Morgan fingerprint density at radius 1 is 1.23 bits per heavy atom. The maximum Gasteiger partial charge on any atom is 0.252 e. The second-order valence-electron chi connectivity index (χ2n) is 6.96. The molecular formula is C19H23N5O2. The van der Waals surface area contributed by atoms with Crippen LogP contribution in [0.25, 0.3) is 0 Å². The number of benzene rings is 1. The van der Waals surface area contributed by atoms with Crippen LogP contribution in [0, 0.1) is 0 Å². The van der Waals surface area contributed by atoms with E-state index < -0.39 is 5.54 Å². The number of amides is 2. The summed E-state index contributed by atoms with van der Waals surface area (Å²) in [5.74, 6) is 0.00758. The molecule has 0 unspecified atom stereocenters. The van der Waals surface area contributed by atoms with Crippen molar-refractivity contribution in [3.8, 4) is 0 Å². The standard InChI is InChI=1S/C19H23N5O2/c25-17-4-1-3-14-13-15(5-6-16(14)23-17)22-18(26)19(7-10-20-11-8-19)24-12-2-9-21-24/h2,5-6,9,12-13,20H,1,3-4,7-8,10-11H2,(H,22,26)(H,23,25). The van der Waals surface area contributed by atoms with E-state index in [0.29, 0.717) is 19.3 Å². The highest BCUT2D eigenvalue weighted by molar-refractivity contribution is 5.98. The number of nitrogens with zero attached hydrogens (tertiary/aromatic N) is 2. The van der Waals surface area contributed by atoms with Gasteiger partial charge in [0.2, 0.25) is 5.91 Å². The Morgan fingerprint density at radius 2 is 2.08 bits per heavy atom. The van der Waals surface area contributed by atoms with Crippen molar-refractivity contribution in [2.24, 2.45) is 0 Å². The van der Waals surface area contributed by atoms with Crippen molar-refractivity contribution in [3.63, 3.8) is 0 Å². The Balaban J connectivity index is 1.59. The van der Waals surface area contributed by atoms with Crippen molar-refractivity contribution in [2.75, 3.05) is 23.7 Å². The number of fused-ring (bicyclic) bond motifs is 1. The van der Waals surface area contributed by atoms with Gasteiger partial charge in [-0.3, -0.25) is 14.3 Å². The van der Waals surface area contributed by atoms with E-state index in [2.05, 4.69) is 21.0 Å². The van der Waals surface area contributed by atoms with Gasteiger partial charge in [-0.15, -0.1) is 0 Å². The minimum atomic E-state index is -0.671. The number of aryl methyl sites for hydroxylation is 1. The van der Waals surface area contributed by atoms with Gasteiger partial charge in [0.15, 0.2) is 0 Å². The molecule has 0 spiro atoms. The van der Waals surface area contributed by atoms with Crippen LogP contribution in [0.15, 0.2) is 36.7 Å². The lowest BCUT2D eigenvalue weighted by molar-refractivity contribution is -0.126. The van der Waals surface area contributed by atoms with E-state index in [0.717, 1.165) is 42.9 Å². The molecule has 136 valence electrons. The highest BCUT2D eigenvalue weighted by atomic mass is 16.2. The zero-order chi connectivity index (χ0) is 18.0. The molecule has 3 heterocycles. The largest absolute Gasteiger partial charge is 0.326 e. The molecule has 4 rings (SSSR count).